The molecule has 2 heterocycles. The highest BCUT2D eigenvalue weighted by Crippen LogP contribution is 2.38. The number of benzene rings is 2. The van der Waals surface area contributed by atoms with Crippen molar-refractivity contribution in [1.29, 1.82) is 0 Å². The van der Waals surface area contributed by atoms with Crippen LogP contribution < -0.4 is 0 Å². The lowest BCUT2D eigenvalue weighted by Crippen LogP contribution is -2.08. The van der Waals surface area contributed by atoms with E-state index in [-0.39, 0.29) is 11.3 Å². The van der Waals surface area contributed by atoms with Gasteiger partial charge in [0.25, 0.3) is 0 Å². The average molecular weight is 335 g/mol. The van der Waals surface area contributed by atoms with Crippen LogP contribution in [0.1, 0.15) is 11.4 Å². The summed E-state index contributed by atoms with van der Waals surface area (Å²) in [4.78, 5) is 4.35. The van der Waals surface area contributed by atoms with Crippen molar-refractivity contribution >= 4 is 38.9 Å². The zero-order valence-corrected chi connectivity index (χ0v) is 12.5. The van der Waals surface area contributed by atoms with Gasteiger partial charge < -0.3 is 0 Å². The van der Waals surface area contributed by atoms with Crippen LogP contribution in [0.5, 0.6) is 0 Å². The molecular weight excluding hydrogens is 325 g/mol. The van der Waals surface area contributed by atoms with Crippen LogP contribution in [0.4, 0.5) is 13.2 Å². The first-order valence-electron chi connectivity index (χ1n) is 6.95. The van der Waals surface area contributed by atoms with E-state index in [1.54, 1.807) is 16.5 Å². The third-order valence-corrected chi connectivity index (χ3v) is 4.18. The summed E-state index contributed by atoms with van der Waals surface area (Å²) in [6.07, 6.45) is -4.44. The molecule has 0 aliphatic heterocycles. The summed E-state index contributed by atoms with van der Waals surface area (Å²) in [7, 11) is 0. The van der Waals surface area contributed by atoms with E-state index < -0.39 is 11.7 Å². The Balaban J connectivity index is 2.31. The predicted octanol–water partition coefficient (Wildman–Crippen LogP) is 5.40. The minimum Gasteiger partial charge on any atom is -0.296 e. The van der Waals surface area contributed by atoms with Crippen molar-refractivity contribution in [2.24, 2.45) is 0 Å². The van der Waals surface area contributed by atoms with Gasteiger partial charge in [0.15, 0.2) is 0 Å². The summed E-state index contributed by atoms with van der Waals surface area (Å²) >= 11 is 5.99. The molecular formula is C17H10ClF3N2. The first-order chi connectivity index (χ1) is 11.0. The van der Waals surface area contributed by atoms with E-state index in [2.05, 4.69) is 4.98 Å². The maximum Gasteiger partial charge on any atom is 0.417 e. The van der Waals surface area contributed by atoms with E-state index >= 15 is 0 Å². The van der Waals surface area contributed by atoms with Crippen molar-refractivity contribution in [3.05, 3.63) is 59.9 Å². The molecule has 6 heteroatoms. The van der Waals surface area contributed by atoms with Gasteiger partial charge in [-0.15, -0.1) is 11.6 Å². The second-order valence-electron chi connectivity index (χ2n) is 5.28. The molecule has 4 rings (SSSR count). The number of rotatable bonds is 1. The fourth-order valence-corrected chi connectivity index (χ4v) is 3.21. The Hall–Kier alpha value is -2.27. The van der Waals surface area contributed by atoms with Gasteiger partial charge in [-0.05, 0) is 24.3 Å². The number of aromatic nitrogens is 2. The summed E-state index contributed by atoms with van der Waals surface area (Å²) < 4.78 is 42.0. The molecule has 116 valence electrons. The third-order valence-electron chi connectivity index (χ3n) is 3.94. The SMILES string of the molecule is FC(F)(F)c1cccc2nc(CCl)n3c4ccccc4cc3c12. The Morgan fingerprint density at radius 1 is 1.00 bits per heavy atom. The first kappa shape index (κ1) is 14.3. The second kappa shape index (κ2) is 4.86. The topological polar surface area (TPSA) is 17.3 Å². The van der Waals surface area contributed by atoms with Crippen LogP contribution in [0.2, 0.25) is 0 Å². The number of fused-ring (bicyclic) bond motifs is 5. The first-order valence-corrected chi connectivity index (χ1v) is 7.49. The van der Waals surface area contributed by atoms with Crippen molar-refractivity contribution in [3.8, 4) is 0 Å². The smallest absolute Gasteiger partial charge is 0.296 e. The summed E-state index contributed by atoms with van der Waals surface area (Å²) in [5.41, 5.74) is 0.881. The van der Waals surface area contributed by atoms with E-state index in [0.29, 0.717) is 16.9 Å². The fraction of sp³-hybridized carbons (Fsp3) is 0.118. The van der Waals surface area contributed by atoms with Crippen molar-refractivity contribution < 1.29 is 13.2 Å². The molecule has 0 saturated heterocycles. The van der Waals surface area contributed by atoms with E-state index in [0.717, 1.165) is 17.0 Å². The van der Waals surface area contributed by atoms with Crippen LogP contribution in [0.15, 0.2) is 48.5 Å². The van der Waals surface area contributed by atoms with Crippen LogP contribution in [0.3, 0.4) is 0 Å². The van der Waals surface area contributed by atoms with Gasteiger partial charge in [0.1, 0.15) is 5.82 Å². The summed E-state index contributed by atoms with van der Waals surface area (Å²) in [5.74, 6) is 0.635. The lowest BCUT2D eigenvalue weighted by atomic mass is 10.1. The van der Waals surface area contributed by atoms with Gasteiger partial charge in [-0.3, -0.25) is 4.40 Å². The maximum absolute atomic E-state index is 13.4. The number of hydrogen-bond acceptors (Lipinski definition) is 1. The van der Waals surface area contributed by atoms with E-state index in [1.165, 1.54) is 6.07 Å². The van der Waals surface area contributed by atoms with Crippen molar-refractivity contribution in [2.75, 3.05) is 0 Å². The van der Waals surface area contributed by atoms with Gasteiger partial charge in [0.05, 0.1) is 28.0 Å². The number of nitrogens with zero attached hydrogens (tertiary/aromatic N) is 2. The largest absolute Gasteiger partial charge is 0.417 e. The fourth-order valence-electron chi connectivity index (χ4n) is 3.03. The minimum atomic E-state index is -4.44. The van der Waals surface area contributed by atoms with E-state index in [4.69, 9.17) is 11.6 Å². The Morgan fingerprint density at radius 3 is 2.52 bits per heavy atom. The number of halogens is 4. The summed E-state index contributed by atoms with van der Waals surface area (Å²) in [5, 5.41) is 0.954. The second-order valence-corrected chi connectivity index (χ2v) is 5.55. The summed E-state index contributed by atoms with van der Waals surface area (Å²) in [6, 6.07) is 13.2. The van der Waals surface area contributed by atoms with Gasteiger partial charge in [-0.25, -0.2) is 4.98 Å². The van der Waals surface area contributed by atoms with E-state index in [1.807, 2.05) is 24.3 Å². The van der Waals surface area contributed by atoms with Gasteiger partial charge in [0, 0.05) is 10.8 Å². The molecule has 0 N–H and O–H groups in total. The number of hydrogen-bond donors (Lipinski definition) is 0. The quantitative estimate of drug-likeness (QED) is 0.426. The Morgan fingerprint density at radius 2 is 1.78 bits per heavy atom. The molecule has 2 aromatic carbocycles. The molecule has 0 aliphatic carbocycles. The van der Waals surface area contributed by atoms with Crippen molar-refractivity contribution in [3.63, 3.8) is 0 Å². The molecule has 4 aromatic rings. The Bertz CT molecular complexity index is 1050. The van der Waals surface area contributed by atoms with Crippen LogP contribution in [0.25, 0.3) is 27.3 Å². The van der Waals surface area contributed by atoms with Gasteiger partial charge in [0.2, 0.25) is 0 Å². The maximum atomic E-state index is 13.4. The molecule has 0 atom stereocenters. The number of alkyl halides is 4. The molecule has 0 bridgehead atoms. The summed E-state index contributed by atoms with van der Waals surface area (Å²) in [6.45, 7) is 0. The van der Waals surface area contributed by atoms with Crippen LogP contribution in [0, 0.1) is 0 Å². The lowest BCUT2D eigenvalue weighted by molar-refractivity contribution is -0.136. The molecule has 2 aromatic heterocycles. The minimum absolute atomic E-state index is 0.102. The Labute approximate surface area is 134 Å². The van der Waals surface area contributed by atoms with E-state index in [9.17, 15) is 13.2 Å². The molecule has 0 fully saturated rings. The molecule has 0 spiro atoms. The highest BCUT2D eigenvalue weighted by atomic mass is 35.5. The molecule has 2 nitrogen and oxygen atoms in total. The highest BCUT2D eigenvalue weighted by Gasteiger charge is 2.33. The zero-order chi connectivity index (χ0) is 16.2. The average Bonchev–Trinajstić information content (AvgIpc) is 2.92. The molecule has 0 saturated carbocycles. The van der Waals surface area contributed by atoms with Gasteiger partial charge in [-0.2, -0.15) is 13.2 Å². The lowest BCUT2D eigenvalue weighted by Gasteiger charge is -2.13. The predicted molar refractivity (Wildman–Crippen MR) is 84.8 cm³/mol. The van der Waals surface area contributed by atoms with Crippen molar-refractivity contribution in [2.45, 2.75) is 12.1 Å². The Kier molecular flexibility index (Phi) is 3.03. The number of para-hydroxylation sites is 1. The molecule has 0 amide bonds. The molecule has 23 heavy (non-hydrogen) atoms. The zero-order valence-electron chi connectivity index (χ0n) is 11.7. The third kappa shape index (κ3) is 2.07. The monoisotopic (exact) mass is 334 g/mol. The van der Waals surface area contributed by atoms with Gasteiger partial charge in [-0.1, -0.05) is 24.3 Å². The van der Waals surface area contributed by atoms with Gasteiger partial charge >= 0.3 is 6.18 Å². The standard InChI is InChI=1S/C17H10ClF3N2/c18-9-15-22-12-6-3-5-11(17(19,20)21)16(12)14-8-10-4-1-2-7-13(10)23(14)15/h1-8H,9H2. The van der Waals surface area contributed by atoms with Crippen LogP contribution in [-0.4, -0.2) is 9.38 Å². The molecule has 0 aliphatic rings. The van der Waals surface area contributed by atoms with Crippen LogP contribution >= 0.6 is 11.6 Å². The van der Waals surface area contributed by atoms with Crippen LogP contribution in [-0.2, 0) is 12.1 Å². The van der Waals surface area contributed by atoms with Crippen molar-refractivity contribution in [1.82, 2.24) is 9.38 Å². The molecule has 0 unspecified atom stereocenters. The molecule has 0 radical (unpaired) electrons. The highest BCUT2D eigenvalue weighted by molar-refractivity contribution is 6.17. The normalized spacial score (nSPS) is 12.5.